The molecule has 1 amide bonds. The van der Waals surface area contributed by atoms with Gasteiger partial charge in [-0.25, -0.2) is 22.5 Å². The number of halogens is 3. The van der Waals surface area contributed by atoms with Crippen LogP contribution in [0.1, 0.15) is 11.3 Å². The minimum absolute atomic E-state index is 0.0495. The van der Waals surface area contributed by atoms with Gasteiger partial charge in [-0.15, -0.1) is 0 Å². The number of fused-ring (bicyclic) bond motifs is 1. The van der Waals surface area contributed by atoms with Gasteiger partial charge in [0.25, 0.3) is 21.5 Å². The fourth-order valence-corrected chi connectivity index (χ4v) is 4.95. The number of rotatable bonds is 7. The Kier molecular flexibility index (Phi) is 7.23. The molecule has 4 rings (SSSR count). The third-order valence-electron chi connectivity index (χ3n) is 5.63. The molecule has 0 spiro atoms. The Labute approximate surface area is 222 Å². The van der Waals surface area contributed by atoms with Gasteiger partial charge in [-0.3, -0.25) is 14.2 Å². The van der Waals surface area contributed by atoms with Crippen molar-refractivity contribution in [3.63, 3.8) is 0 Å². The van der Waals surface area contributed by atoms with Crippen LogP contribution in [-0.4, -0.2) is 34.4 Å². The first-order chi connectivity index (χ1) is 18.2. The smallest absolute Gasteiger partial charge is 0.431 e. The quantitative estimate of drug-likeness (QED) is 0.356. The molecule has 0 fully saturated rings. The van der Waals surface area contributed by atoms with Crippen molar-refractivity contribution in [2.75, 3.05) is 6.61 Å². The SMILES string of the molecule is C=CS(=O)(=O)NC(=O)COc1ccc(C)c(-c2nsc3ccc(-n4c(=O)cc(C(F)(F)F)n(C)c4=O)cc23)c1. The third-order valence-corrected chi connectivity index (χ3v) is 7.41. The van der Waals surface area contributed by atoms with E-state index in [1.165, 1.54) is 12.1 Å². The summed E-state index contributed by atoms with van der Waals surface area (Å²) in [5.74, 6) is -0.684. The highest BCUT2D eigenvalue weighted by Crippen LogP contribution is 2.35. The number of benzene rings is 2. The number of sulfonamides is 1. The van der Waals surface area contributed by atoms with Crippen LogP contribution in [0.3, 0.4) is 0 Å². The zero-order valence-electron chi connectivity index (χ0n) is 20.3. The molecule has 0 radical (unpaired) electrons. The second-order valence-corrected chi connectivity index (χ2v) is 10.7. The second-order valence-electron chi connectivity index (χ2n) is 8.26. The summed E-state index contributed by atoms with van der Waals surface area (Å²) in [5, 5.41) is 1.10. The number of aromatic nitrogens is 3. The van der Waals surface area contributed by atoms with Gasteiger partial charge in [0.1, 0.15) is 11.4 Å². The number of alkyl halides is 3. The van der Waals surface area contributed by atoms with Crippen molar-refractivity contribution in [3.8, 4) is 22.7 Å². The highest BCUT2D eigenvalue weighted by atomic mass is 32.2. The molecule has 0 aliphatic rings. The number of carbonyl (C=O) groups excluding carboxylic acids is 1. The van der Waals surface area contributed by atoms with E-state index >= 15 is 0 Å². The largest absolute Gasteiger partial charge is 0.484 e. The molecule has 10 nitrogen and oxygen atoms in total. The molecule has 0 bridgehead atoms. The van der Waals surface area contributed by atoms with Crippen LogP contribution in [-0.2, 0) is 28.0 Å². The van der Waals surface area contributed by atoms with Crippen molar-refractivity contribution in [2.45, 2.75) is 13.1 Å². The zero-order chi connectivity index (χ0) is 28.7. The normalized spacial score (nSPS) is 11.9. The maximum Gasteiger partial charge on any atom is 0.431 e. The van der Waals surface area contributed by atoms with Gasteiger partial charge in [0.15, 0.2) is 6.61 Å². The van der Waals surface area contributed by atoms with E-state index in [1.54, 1.807) is 35.9 Å². The van der Waals surface area contributed by atoms with E-state index in [-0.39, 0.29) is 11.4 Å². The summed E-state index contributed by atoms with van der Waals surface area (Å²) in [7, 11) is -3.04. The summed E-state index contributed by atoms with van der Waals surface area (Å²) in [4.78, 5) is 37.2. The van der Waals surface area contributed by atoms with Crippen LogP contribution in [0.25, 0.3) is 27.0 Å². The molecular formula is C24H19F3N4O6S2. The molecule has 204 valence electrons. The van der Waals surface area contributed by atoms with Crippen LogP contribution in [0.5, 0.6) is 5.75 Å². The molecule has 1 N–H and O–H groups in total. The van der Waals surface area contributed by atoms with E-state index in [9.17, 15) is 36.0 Å². The maximum absolute atomic E-state index is 13.2. The van der Waals surface area contributed by atoms with E-state index in [0.717, 1.165) is 24.1 Å². The lowest BCUT2D eigenvalue weighted by Crippen LogP contribution is -2.40. The predicted molar refractivity (Wildman–Crippen MR) is 138 cm³/mol. The van der Waals surface area contributed by atoms with Crippen molar-refractivity contribution < 1.29 is 31.1 Å². The molecule has 0 atom stereocenters. The summed E-state index contributed by atoms with van der Waals surface area (Å²) in [6, 6.07) is 9.70. The number of ether oxygens (including phenoxy) is 1. The molecule has 0 saturated carbocycles. The molecule has 39 heavy (non-hydrogen) atoms. The van der Waals surface area contributed by atoms with E-state index < -0.39 is 45.7 Å². The van der Waals surface area contributed by atoms with Crippen LogP contribution in [0.15, 0.2) is 64.0 Å². The van der Waals surface area contributed by atoms with Crippen LogP contribution in [0.4, 0.5) is 13.2 Å². The molecular weight excluding hydrogens is 561 g/mol. The third kappa shape index (κ3) is 5.63. The Morgan fingerprint density at radius 3 is 2.56 bits per heavy atom. The van der Waals surface area contributed by atoms with Gasteiger partial charge in [0.05, 0.1) is 16.1 Å². The van der Waals surface area contributed by atoms with Crippen LogP contribution < -0.4 is 20.7 Å². The summed E-state index contributed by atoms with van der Waals surface area (Å²) < 4.78 is 75.9. The van der Waals surface area contributed by atoms with Gasteiger partial charge in [-0.05, 0) is 54.4 Å². The van der Waals surface area contributed by atoms with Crippen LogP contribution in [0, 0.1) is 6.92 Å². The Hall–Kier alpha value is -4.24. The first-order valence-corrected chi connectivity index (χ1v) is 13.3. The molecule has 2 aromatic heterocycles. The van der Waals surface area contributed by atoms with E-state index in [0.29, 0.717) is 42.0 Å². The number of hydrogen-bond acceptors (Lipinski definition) is 8. The first kappa shape index (κ1) is 27.8. The van der Waals surface area contributed by atoms with Crippen molar-refractivity contribution in [2.24, 2.45) is 7.05 Å². The minimum Gasteiger partial charge on any atom is -0.484 e. The molecule has 2 heterocycles. The fraction of sp³-hybridized carbons (Fsp3) is 0.167. The highest BCUT2D eigenvalue weighted by molar-refractivity contribution is 7.92. The topological polar surface area (TPSA) is 129 Å². The molecule has 2 aromatic carbocycles. The minimum atomic E-state index is -4.88. The maximum atomic E-state index is 13.2. The van der Waals surface area contributed by atoms with Gasteiger partial charge >= 0.3 is 11.9 Å². The Morgan fingerprint density at radius 1 is 1.18 bits per heavy atom. The van der Waals surface area contributed by atoms with Gasteiger partial charge < -0.3 is 4.74 Å². The summed E-state index contributed by atoms with van der Waals surface area (Å²) in [6.45, 7) is 4.29. The van der Waals surface area contributed by atoms with Gasteiger partial charge in [-0.2, -0.15) is 17.5 Å². The van der Waals surface area contributed by atoms with Gasteiger partial charge in [-0.1, -0.05) is 12.6 Å². The lowest BCUT2D eigenvalue weighted by molar-refractivity contribution is -0.144. The standard InChI is InChI=1S/C24H19F3N4O6S2/c1-4-39(35,36)29-20(32)12-37-15-7-5-13(2)16(10-15)22-17-9-14(6-8-18(17)38-28-22)31-21(33)11-19(24(25,26)27)30(3)23(31)34/h4-11H,1,12H2,2-3H3,(H,29,32). The fourth-order valence-electron chi connectivity index (χ4n) is 3.72. The molecule has 4 aromatic rings. The molecule has 0 saturated heterocycles. The molecule has 0 unspecified atom stereocenters. The van der Waals surface area contributed by atoms with E-state index in [4.69, 9.17) is 4.74 Å². The zero-order valence-corrected chi connectivity index (χ0v) is 21.9. The Morgan fingerprint density at radius 2 is 1.90 bits per heavy atom. The monoisotopic (exact) mass is 580 g/mol. The number of nitrogens with one attached hydrogen (secondary N) is 1. The summed E-state index contributed by atoms with van der Waals surface area (Å²) in [5.41, 5.74) is -1.86. The van der Waals surface area contributed by atoms with Crippen LogP contribution in [0.2, 0.25) is 0 Å². The Balaban J connectivity index is 1.74. The van der Waals surface area contributed by atoms with Gasteiger partial charge in [0, 0.05) is 29.5 Å². The van der Waals surface area contributed by atoms with Crippen molar-refractivity contribution >= 4 is 37.5 Å². The lowest BCUT2D eigenvalue weighted by Gasteiger charge is -2.14. The second kappa shape index (κ2) is 10.1. The summed E-state index contributed by atoms with van der Waals surface area (Å²) >= 11 is 1.12. The molecule has 15 heteroatoms. The number of amides is 1. The van der Waals surface area contributed by atoms with Crippen molar-refractivity contribution in [3.05, 3.63) is 86.5 Å². The lowest BCUT2D eigenvalue weighted by atomic mass is 10.0. The van der Waals surface area contributed by atoms with E-state index in [2.05, 4.69) is 11.0 Å². The predicted octanol–water partition coefficient (Wildman–Crippen LogP) is 3.11. The number of carbonyl (C=O) groups is 1. The molecule has 0 aliphatic carbocycles. The first-order valence-electron chi connectivity index (χ1n) is 10.9. The molecule has 0 aliphatic heterocycles. The number of hydrogen-bond donors (Lipinski definition) is 1. The van der Waals surface area contributed by atoms with Crippen LogP contribution >= 0.6 is 11.5 Å². The van der Waals surface area contributed by atoms with E-state index in [1.807, 2.05) is 0 Å². The highest BCUT2D eigenvalue weighted by Gasteiger charge is 2.35. The van der Waals surface area contributed by atoms with Crippen molar-refractivity contribution in [1.82, 2.24) is 18.2 Å². The van der Waals surface area contributed by atoms with Crippen molar-refractivity contribution in [1.29, 1.82) is 0 Å². The Bertz CT molecular complexity index is 1860. The van der Waals surface area contributed by atoms with Gasteiger partial charge in [0.2, 0.25) is 0 Å². The number of nitrogens with zero attached hydrogens (tertiary/aromatic N) is 3. The summed E-state index contributed by atoms with van der Waals surface area (Å²) in [6.07, 6.45) is -4.88. The average Bonchev–Trinajstić information content (AvgIpc) is 3.28. The number of aryl methyl sites for hydroxylation is 1. The average molecular weight is 581 g/mol.